The van der Waals surface area contributed by atoms with Gasteiger partial charge in [0.15, 0.2) is 0 Å². The van der Waals surface area contributed by atoms with Crippen molar-refractivity contribution in [3.63, 3.8) is 0 Å². The fourth-order valence-electron chi connectivity index (χ4n) is 4.67. The lowest BCUT2D eigenvalue weighted by Gasteiger charge is -2.32. The molecule has 0 spiro atoms. The highest BCUT2D eigenvalue weighted by Crippen LogP contribution is 2.22. The van der Waals surface area contributed by atoms with Gasteiger partial charge in [-0.05, 0) is 53.8 Å². The Bertz CT molecular complexity index is 1170. The number of halogens is 2. The molecular formula is C30H32Cl2N2O2S. The Balaban J connectivity index is 1.56. The number of rotatable bonds is 11. The van der Waals surface area contributed by atoms with Crippen molar-refractivity contribution in [2.45, 2.75) is 56.5 Å². The number of hydrogen-bond acceptors (Lipinski definition) is 3. The third-order valence-electron chi connectivity index (χ3n) is 6.62. The highest BCUT2D eigenvalue weighted by atomic mass is 35.5. The van der Waals surface area contributed by atoms with Crippen molar-refractivity contribution in [3.05, 3.63) is 106 Å². The van der Waals surface area contributed by atoms with Crippen LogP contribution >= 0.6 is 35.0 Å². The van der Waals surface area contributed by atoms with Gasteiger partial charge < -0.3 is 10.2 Å². The zero-order valence-corrected chi connectivity index (χ0v) is 23.1. The summed E-state index contributed by atoms with van der Waals surface area (Å²) >= 11 is 13.8. The van der Waals surface area contributed by atoms with E-state index in [4.69, 9.17) is 23.2 Å². The van der Waals surface area contributed by atoms with E-state index in [0.29, 0.717) is 28.8 Å². The second-order valence-electron chi connectivity index (χ2n) is 9.47. The molecule has 0 heterocycles. The van der Waals surface area contributed by atoms with Crippen LogP contribution in [0.25, 0.3) is 0 Å². The maximum Gasteiger partial charge on any atom is 0.243 e. The van der Waals surface area contributed by atoms with Gasteiger partial charge in [0.2, 0.25) is 11.8 Å². The minimum absolute atomic E-state index is 0.0653. The van der Waals surface area contributed by atoms with E-state index in [0.717, 1.165) is 42.4 Å². The van der Waals surface area contributed by atoms with E-state index in [2.05, 4.69) is 5.32 Å². The summed E-state index contributed by atoms with van der Waals surface area (Å²) in [6.45, 7) is 0.337. The third kappa shape index (κ3) is 8.53. The Morgan fingerprint density at radius 3 is 2.27 bits per heavy atom. The van der Waals surface area contributed by atoms with Gasteiger partial charge in [-0.1, -0.05) is 90.6 Å². The molecule has 1 aliphatic rings. The van der Waals surface area contributed by atoms with Crippen molar-refractivity contribution in [3.8, 4) is 0 Å². The molecule has 0 unspecified atom stereocenters. The minimum atomic E-state index is -0.613. The molecule has 0 aliphatic heterocycles. The van der Waals surface area contributed by atoms with Crippen molar-refractivity contribution in [2.75, 3.05) is 5.75 Å². The zero-order valence-electron chi connectivity index (χ0n) is 20.7. The van der Waals surface area contributed by atoms with Gasteiger partial charge in [0, 0.05) is 34.8 Å². The normalized spacial score (nSPS) is 14.3. The molecule has 1 saturated carbocycles. The van der Waals surface area contributed by atoms with Crippen LogP contribution in [0.15, 0.2) is 78.9 Å². The SMILES string of the molecule is O=C(NC1CCCC1)[C@H](Cc1ccccc1)N(Cc1ccc(Cl)cc1)C(=O)CSCc1cccc(Cl)c1. The Hall–Kier alpha value is -2.47. The topological polar surface area (TPSA) is 49.4 Å². The third-order valence-corrected chi connectivity index (χ3v) is 8.10. The van der Waals surface area contributed by atoms with Crippen molar-refractivity contribution in [1.82, 2.24) is 10.2 Å². The van der Waals surface area contributed by atoms with Crippen LogP contribution in [0.1, 0.15) is 42.4 Å². The van der Waals surface area contributed by atoms with Gasteiger partial charge in [0.1, 0.15) is 6.04 Å². The number of carbonyl (C=O) groups excluding carboxylic acids is 2. The molecule has 0 saturated heterocycles. The average molecular weight is 556 g/mol. The molecule has 0 aromatic heterocycles. The van der Waals surface area contributed by atoms with Crippen LogP contribution < -0.4 is 5.32 Å². The summed E-state index contributed by atoms with van der Waals surface area (Å²) in [5.41, 5.74) is 3.02. The average Bonchev–Trinajstić information content (AvgIpc) is 3.41. The number of nitrogens with one attached hydrogen (secondary N) is 1. The monoisotopic (exact) mass is 554 g/mol. The lowest BCUT2D eigenvalue weighted by Crippen LogP contribution is -2.52. The molecule has 1 atom stereocenters. The van der Waals surface area contributed by atoms with Crippen molar-refractivity contribution in [1.29, 1.82) is 0 Å². The first kappa shape index (κ1) is 27.6. The Morgan fingerprint density at radius 2 is 1.57 bits per heavy atom. The van der Waals surface area contributed by atoms with E-state index < -0.39 is 6.04 Å². The number of benzene rings is 3. The summed E-state index contributed by atoms with van der Waals surface area (Å²) in [7, 11) is 0. The van der Waals surface area contributed by atoms with Crippen LogP contribution in [0, 0.1) is 0 Å². The molecule has 0 bridgehead atoms. The van der Waals surface area contributed by atoms with Crippen molar-refractivity contribution >= 4 is 46.8 Å². The van der Waals surface area contributed by atoms with Gasteiger partial charge in [-0.25, -0.2) is 0 Å². The molecule has 4 rings (SSSR count). The van der Waals surface area contributed by atoms with Gasteiger partial charge in [-0.3, -0.25) is 9.59 Å². The lowest BCUT2D eigenvalue weighted by molar-refractivity contribution is -0.139. The minimum Gasteiger partial charge on any atom is -0.352 e. The highest BCUT2D eigenvalue weighted by Gasteiger charge is 2.32. The molecule has 4 nitrogen and oxygen atoms in total. The summed E-state index contributed by atoms with van der Waals surface area (Å²) in [5, 5.41) is 4.56. The number of nitrogens with zero attached hydrogens (tertiary/aromatic N) is 1. The second kappa shape index (κ2) is 13.9. The number of thioether (sulfide) groups is 1. The molecule has 3 aromatic carbocycles. The number of hydrogen-bond donors (Lipinski definition) is 1. The fourth-order valence-corrected chi connectivity index (χ4v) is 5.87. The first-order chi connectivity index (χ1) is 18.0. The van der Waals surface area contributed by atoms with E-state index in [9.17, 15) is 9.59 Å². The first-order valence-corrected chi connectivity index (χ1v) is 14.6. The summed E-state index contributed by atoms with van der Waals surface area (Å²) in [4.78, 5) is 29.1. The molecular weight excluding hydrogens is 523 g/mol. The van der Waals surface area contributed by atoms with Crippen LogP contribution in [0.3, 0.4) is 0 Å². The molecule has 194 valence electrons. The molecule has 0 radical (unpaired) electrons. The van der Waals surface area contributed by atoms with Crippen molar-refractivity contribution in [2.24, 2.45) is 0 Å². The molecule has 1 N–H and O–H groups in total. The molecule has 3 aromatic rings. The van der Waals surface area contributed by atoms with E-state index in [1.807, 2.05) is 78.9 Å². The van der Waals surface area contributed by atoms with Crippen molar-refractivity contribution < 1.29 is 9.59 Å². The van der Waals surface area contributed by atoms with Crippen LogP contribution in [0.4, 0.5) is 0 Å². The molecule has 2 amide bonds. The maximum absolute atomic E-state index is 13.7. The Morgan fingerprint density at radius 1 is 0.865 bits per heavy atom. The van der Waals surface area contributed by atoms with Crippen LogP contribution in [0.5, 0.6) is 0 Å². The van der Waals surface area contributed by atoms with E-state index >= 15 is 0 Å². The van der Waals surface area contributed by atoms with Gasteiger partial charge in [0.05, 0.1) is 5.75 Å². The van der Waals surface area contributed by atoms with Gasteiger partial charge in [0.25, 0.3) is 0 Å². The molecule has 1 aliphatic carbocycles. The summed E-state index contributed by atoms with van der Waals surface area (Å²) in [5.74, 6) is 0.781. The van der Waals surface area contributed by atoms with Crippen LogP contribution in [-0.2, 0) is 28.3 Å². The number of carbonyl (C=O) groups is 2. The summed E-state index contributed by atoms with van der Waals surface area (Å²) < 4.78 is 0. The van der Waals surface area contributed by atoms with Gasteiger partial charge >= 0.3 is 0 Å². The Labute approximate surface area is 233 Å². The Kier molecular flexibility index (Phi) is 10.4. The maximum atomic E-state index is 13.7. The van der Waals surface area contributed by atoms with Gasteiger partial charge in [-0.2, -0.15) is 0 Å². The first-order valence-electron chi connectivity index (χ1n) is 12.7. The van der Waals surface area contributed by atoms with E-state index in [1.165, 1.54) is 11.8 Å². The predicted molar refractivity (Wildman–Crippen MR) is 154 cm³/mol. The molecule has 37 heavy (non-hydrogen) atoms. The quantitative estimate of drug-likeness (QED) is 0.279. The van der Waals surface area contributed by atoms with Crippen LogP contribution in [0.2, 0.25) is 10.0 Å². The zero-order chi connectivity index (χ0) is 26.0. The fraction of sp³-hybridized carbons (Fsp3) is 0.333. The van der Waals surface area contributed by atoms with E-state index in [-0.39, 0.29) is 23.6 Å². The predicted octanol–water partition coefficient (Wildman–Crippen LogP) is 6.93. The van der Waals surface area contributed by atoms with Crippen LogP contribution in [-0.4, -0.2) is 34.6 Å². The summed E-state index contributed by atoms with van der Waals surface area (Å²) in [6.07, 6.45) is 4.69. The smallest absolute Gasteiger partial charge is 0.243 e. The number of amides is 2. The van der Waals surface area contributed by atoms with Gasteiger partial charge in [-0.15, -0.1) is 11.8 Å². The lowest BCUT2D eigenvalue weighted by atomic mass is 10.0. The molecule has 1 fully saturated rings. The largest absolute Gasteiger partial charge is 0.352 e. The second-order valence-corrected chi connectivity index (χ2v) is 11.3. The van der Waals surface area contributed by atoms with E-state index in [1.54, 1.807) is 4.90 Å². The summed E-state index contributed by atoms with van der Waals surface area (Å²) in [6, 6.07) is 24.6. The highest BCUT2D eigenvalue weighted by molar-refractivity contribution is 7.99. The standard InChI is InChI=1S/C30H32Cl2N2O2S/c31-25-15-13-23(14-16-25)19-34(29(35)21-37-20-24-9-6-10-26(32)17-24)28(18-22-7-2-1-3-8-22)30(36)33-27-11-4-5-12-27/h1-3,6-10,13-17,27-28H,4-5,11-12,18-21H2,(H,33,36)/t28-/m0/s1. The molecule has 7 heteroatoms.